The summed E-state index contributed by atoms with van der Waals surface area (Å²) in [4.78, 5) is 4.10. The van der Waals surface area contributed by atoms with Gasteiger partial charge < -0.3 is 5.73 Å². The summed E-state index contributed by atoms with van der Waals surface area (Å²) in [6.45, 7) is 11.6. The predicted molar refractivity (Wildman–Crippen MR) is 84.7 cm³/mol. The topological polar surface area (TPSA) is 29.3 Å². The molecular weight excluding hydrogens is 252 g/mol. The zero-order valence-electron chi connectivity index (χ0n) is 12.8. The predicted octanol–water partition coefficient (Wildman–Crippen LogP) is 3.96. The van der Waals surface area contributed by atoms with Crippen molar-refractivity contribution in [3.8, 4) is 0 Å². The molecule has 2 heterocycles. The lowest BCUT2D eigenvalue weighted by molar-refractivity contribution is 0.0822. The van der Waals surface area contributed by atoms with Crippen LogP contribution < -0.4 is 5.73 Å². The smallest absolute Gasteiger partial charge is 0.0596 e. The van der Waals surface area contributed by atoms with Gasteiger partial charge in [0.15, 0.2) is 0 Å². The number of likely N-dealkylation sites (tertiary alicyclic amines) is 1. The van der Waals surface area contributed by atoms with E-state index in [1.165, 1.54) is 36.4 Å². The molecule has 3 heteroatoms. The largest absolute Gasteiger partial charge is 0.326 e. The average Bonchev–Trinajstić information content (AvgIpc) is 2.78. The van der Waals surface area contributed by atoms with Crippen LogP contribution in [0, 0.1) is 12.3 Å². The van der Waals surface area contributed by atoms with Crippen LogP contribution in [0.4, 0.5) is 0 Å². The number of thiophene rings is 1. The Hall–Kier alpha value is -0.380. The maximum absolute atomic E-state index is 6.44. The molecule has 1 aromatic rings. The first-order valence-electron chi connectivity index (χ1n) is 7.48. The standard InChI is InChI=1S/C16H28N2S/c1-5-13(17)14(15-12(2)6-11-19-15)18-9-7-16(3,4)8-10-18/h6,11,13-14H,5,7-10,17H2,1-4H3. The van der Waals surface area contributed by atoms with Gasteiger partial charge in [-0.15, -0.1) is 11.3 Å². The lowest BCUT2D eigenvalue weighted by atomic mass is 9.81. The maximum Gasteiger partial charge on any atom is 0.0596 e. The maximum atomic E-state index is 6.44. The van der Waals surface area contributed by atoms with Gasteiger partial charge in [-0.25, -0.2) is 0 Å². The highest BCUT2D eigenvalue weighted by Crippen LogP contribution is 2.37. The highest BCUT2D eigenvalue weighted by molar-refractivity contribution is 7.10. The van der Waals surface area contributed by atoms with Crippen molar-refractivity contribution < 1.29 is 0 Å². The molecule has 0 bridgehead atoms. The van der Waals surface area contributed by atoms with E-state index in [9.17, 15) is 0 Å². The van der Waals surface area contributed by atoms with E-state index in [-0.39, 0.29) is 6.04 Å². The molecule has 0 radical (unpaired) electrons. The normalized spacial score (nSPS) is 23.2. The summed E-state index contributed by atoms with van der Waals surface area (Å²) >= 11 is 1.87. The molecule has 0 saturated carbocycles. The molecule has 2 nitrogen and oxygen atoms in total. The second-order valence-electron chi connectivity index (χ2n) is 6.68. The molecule has 2 N–H and O–H groups in total. The summed E-state index contributed by atoms with van der Waals surface area (Å²) in [6.07, 6.45) is 3.61. The van der Waals surface area contributed by atoms with E-state index in [4.69, 9.17) is 5.73 Å². The van der Waals surface area contributed by atoms with Gasteiger partial charge in [0.2, 0.25) is 0 Å². The highest BCUT2D eigenvalue weighted by atomic mass is 32.1. The molecule has 0 amide bonds. The van der Waals surface area contributed by atoms with Crippen LogP contribution in [0.2, 0.25) is 0 Å². The fourth-order valence-corrected chi connectivity index (χ4v) is 4.09. The zero-order chi connectivity index (χ0) is 14.0. The molecule has 1 aromatic heterocycles. The fourth-order valence-electron chi connectivity index (χ4n) is 2.95. The van der Waals surface area contributed by atoms with Gasteiger partial charge in [0.05, 0.1) is 6.04 Å². The van der Waals surface area contributed by atoms with E-state index in [0.717, 1.165) is 6.42 Å². The zero-order valence-corrected chi connectivity index (χ0v) is 13.6. The van der Waals surface area contributed by atoms with Crippen molar-refractivity contribution in [3.63, 3.8) is 0 Å². The van der Waals surface area contributed by atoms with Gasteiger partial charge in [-0.05, 0) is 61.7 Å². The SMILES string of the molecule is CCC(N)C(c1sccc1C)N1CCC(C)(C)CC1. The summed E-state index contributed by atoms with van der Waals surface area (Å²) in [7, 11) is 0. The van der Waals surface area contributed by atoms with E-state index in [0.29, 0.717) is 11.5 Å². The van der Waals surface area contributed by atoms with Gasteiger partial charge in [0.1, 0.15) is 0 Å². The monoisotopic (exact) mass is 280 g/mol. The number of hydrogen-bond acceptors (Lipinski definition) is 3. The number of hydrogen-bond donors (Lipinski definition) is 1. The quantitative estimate of drug-likeness (QED) is 0.904. The summed E-state index contributed by atoms with van der Waals surface area (Å²) in [5.41, 5.74) is 8.35. The fraction of sp³-hybridized carbons (Fsp3) is 0.750. The second kappa shape index (κ2) is 5.94. The van der Waals surface area contributed by atoms with Crippen molar-refractivity contribution in [1.29, 1.82) is 0 Å². The number of nitrogens with zero attached hydrogens (tertiary/aromatic N) is 1. The minimum absolute atomic E-state index is 0.249. The molecule has 19 heavy (non-hydrogen) atoms. The molecule has 1 aliphatic rings. The van der Waals surface area contributed by atoms with E-state index < -0.39 is 0 Å². The third-order valence-electron chi connectivity index (χ3n) is 4.59. The minimum Gasteiger partial charge on any atom is -0.326 e. The number of nitrogens with two attached hydrogens (primary N) is 1. The van der Waals surface area contributed by atoms with Crippen LogP contribution in [-0.2, 0) is 0 Å². The summed E-state index contributed by atoms with van der Waals surface area (Å²) < 4.78 is 0. The van der Waals surface area contributed by atoms with Gasteiger partial charge in [0, 0.05) is 10.9 Å². The van der Waals surface area contributed by atoms with Crippen LogP contribution in [0.5, 0.6) is 0 Å². The molecule has 108 valence electrons. The van der Waals surface area contributed by atoms with Crippen LogP contribution >= 0.6 is 11.3 Å². The number of aryl methyl sites for hydroxylation is 1. The van der Waals surface area contributed by atoms with Crippen LogP contribution in [0.1, 0.15) is 56.5 Å². The van der Waals surface area contributed by atoms with E-state index >= 15 is 0 Å². The van der Waals surface area contributed by atoms with Gasteiger partial charge in [-0.1, -0.05) is 20.8 Å². The number of piperidine rings is 1. The lowest BCUT2D eigenvalue weighted by Crippen LogP contribution is -2.46. The third-order valence-corrected chi connectivity index (χ3v) is 5.68. The van der Waals surface area contributed by atoms with E-state index in [2.05, 4.69) is 44.0 Å². The third kappa shape index (κ3) is 3.39. The second-order valence-corrected chi connectivity index (χ2v) is 7.63. The molecule has 1 aliphatic heterocycles. The Morgan fingerprint density at radius 2 is 2.00 bits per heavy atom. The van der Waals surface area contributed by atoms with Crippen molar-refractivity contribution in [1.82, 2.24) is 4.90 Å². The van der Waals surface area contributed by atoms with Crippen LogP contribution in [-0.4, -0.2) is 24.0 Å². The lowest BCUT2D eigenvalue weighted by Gasteiger charge is -2.42. The first-order valence-corrected chi connectivity index (χ1v) is 8.36. The van der Waals surface area contributed by atoms with E-state index in [1.807, 2.05) is 11.3 Å². The molecule has 2 unspecified atom stereocenters. The van der Waals surface area contributed by atoms with Crippen molar-refractivity contribution >= 4 is 11.3 Å². The average molecular weight is 280 g/mol. The van der Waals surface area contributed by atoms with Gasteiger partial charge in [0.25, 0.3) is 0 Å². The first kappa shape index (κ1) is 15.0. The molecular formula is C16H28N2S. The highest BCUT2D eigenvalue weighted by Gasteiger charge is 2.33. The Labute approximate surface area is 122 Å². The number of rotatable bonds is 4. The minimum atomic E-state index is 0.249. The Morgan fingerprint density at radius 1 is 1.37 bits per heavy atom. The van der Waals surface area contributed by atoms with Gasteiger partial charge in [-0.3, -0.25) is 4.90 Å². The van der Waals surface area contributed by atoms with Crippen LogP contribution in [0.15, 0.2) is 11.4 Å². The summed E-state index contributed by atoms with van der Waals surface area (Å²) in [5, 5.41) is 2.20. The Balaban J connectivity index is 2.18. The summed E-state index contributed by atoms with van der Waals surface area (Å²) in [5.74, 6) is 0. The Morgan fingerprint density at radius 3 is 2.47 bits per heavy atom. The first-order chi connectivity index (χ1) is 8.94. The molecule has 1 fully saturated rings. The molecule has 0 aliphatic carbocycles. The van der Waals surface area contributed by atoms with Gasteiger partial charge in [-0.2, -0.15) is 0 Å². The molecule has 1 saturated heterocycles. The van der Waals surface area contributed by atoms with Crippen molar-refractivity contribution in [2.24, 2.45) is 11.1 Å². The van der Waals surface area contributed by atoms with E-state index in [1.54, 1.807) is 0 Å². The molecule has 0 aromatic carbocycles. The van der Waals surface area contributed by atoms with Crippen LogP contribution in [0.25, 0.3) is 0 Å². The Kier molecular flexibility index (Phi) is 4.70. The molecule has 0 spiro atoms. The summed E-state index contributed by atoms with van der Waals surface area (Å²) in [6, 6.07) is 2.89. The van der Waals surface area contributed by atoms with Crippen molar-refractivity contribution in [2.45, 2.75) is 59.0 Å². The van der Waals surface area contributed by atoms with Crippen LogP contribution in [0.3, 0.4) is 0 Å². The van der Waals surface area contributed by atoms with Crippen molar-refractivity contribution in [3.05, 3.63) is 21.9 Å². The molecule has 2 rings (SSSR count). The van der Waals surface area contributed by atoms with Gasteiger partial charge >= 0.3 is 0 Å². The molecule has 2 atom stereocenters. The van der Waals surface area contributed by atoms with Crippen molar-refractivity contribution in [2.75, 3.05) is 13.1 Å². The Bertz CT molecular complexity index is 401.